The van der Waals surface area contributed by atoms with Gasteiger partial charge < -0.3 is 14.3 Å². The van der Waals surface area contributed by atoms with Crippen molar-refractivity contribution in [2.45, 2.75) is 19.2 Å². The second kappa shape index (κ2) is 3.84. The first-order chi connectivity index (χ1) is 6.80. The molecule has 1 unspecified atom stereocenters. The third-order valence-corrected chi connectivity index (χ3v) is 1.55. The molecule has 1 rings (SSSR count). The van der Waals surface area contributed by atoms with Gasteiger partial charge in [-0.3, -0.25) is 0 Å². The molecule has 15 heavy (non-hydrogen) atoms. The van der Waals surface area contributed by atoms with Gasteiger partial charge in [-0.1, -0.05) is 0 Å². The van der Waals surface area contributed by atoms with Gasteiger partial charge in [0.15, 0.2) is 6.10 Å². The molecular weight excluding hydrogens is 217 g/mol. The number of aromatic carboxylic acids is 1. The van der Waals surface area contributed by atoms with Crippen LogP contribution >= 0.6 is 0 Å². The van der Waals surface area contributed by atoms with Crippen molar-refractivity contribution in [2.75, 3.05) is 0 Å². The molecule has 4 nitrogen and oxygen atoms in total. The quantitative estimate of drug-likeness (QED) is 0.855. The van der Waals surface area contributed by atoms with Crippen LogP contribution in [0.15, 0.2) is 16.5 Å². The molecule has 1 heterocycles. The third kappa shape index (κ3) is 2.90. The van der Waals surface area contributed by atoms with Crippen LogP contribution in [0.2, 0.25) is 0 Å². The lowest BCUT2D eigenvalue weighted by atomic mass is 10.4. The van der Waals surface area contributed by atoms with Crippen LogP contribution in [-0.2, 0) is 0 Å². The topological polar surface area (TPSA) is 59.7 Å². The zero-order valence-electron chi connectivity index (χ0n) is 7.54. The summed E-state index contributed by atoms with van der Waals surface area (Å²) in [7, 11) is 0. The average molecular weight is 224 g/mol. The molecule has 0 amide bonds. The van der Waals surface area contributed by atoms with Crippen molar-refractivity contribution in [1.29, 1.82) is 0 Å². The Morgan fingerprint density at radius 3 is 2.53 bits per heavy atom. The van der Waals surface area contributed by atoms with Crippen molar-refractivity contribution in [2.24, 2.45) is 0 Å². The Morgan fingerprint density at radius 2 is 2.13 bits per heavy atom. The summed E-state index contributed by atoms with van der Waals surface area (Å²) in [4.78, 5) is 10.3. The van der Waals surface area contributed by atoms with Crippen molar-refractivity contribution in [1.82, 2.24) is 0 Å². The molecule has 0 aromatic carbocycles. The van der Waals surface area contributed by atoms with Crippen molar-refractivity contribution < 1.29 is 32.2 Å². The monoisotopic (exact) mass is 224 g/mol. The fraction of sp³-hybridized carbons (Fsp3) is 0.375. The summed E-state index contributed by atoms with van der Waals surface area (Å²) >= 11 is 0. The van der Waals surface area contributed by atoms with Crippen LogP contribution in [-0.4, -0.2) is 23.4 Å². The van der Waals surface area contributed by atoms with Gasteiger partial charge in [-0.25, -0.2) is 4.79 Å². The molecule has 0 saturated heterocycles. The van der Waals surface area contributed by atoms with Gasteiger partial charge in [-0.2, -0.15) is 13.2 Å². The molecule has 0 spiro atoms. The van der Waals surface area contributed by atoms with E-state index in [9.17, 15) is 18.0 Å². The maximum Gasteiger partial charge on any atom is 0.425 e. The summed E-state index contributed by atoms with van der Waals surface area (Å²) in [5.74, 6) is -2.32. The van der Waals surface area contributed by atoms with E-state index in [2.05, 4.69) is 9.15 Å². The highest BCUT2D eigenvalue weighted by Crippen LogP contribution is 2.25. The van der Waals surface area contributed by atoms with Gasteiger partial charge >= 0.3 is 12.1 Å². The minimum absolute atomic E-state index is 0.473. The zero-order valence-corrected chi connectivity index (χ0v) is 7.54. The number of carboxylic acids is 1. The van der Waals surface area contributed by atoms with E-state index in [0.29, 0.717) is 0 Å². The van der Waals surface area contributed by atoms with Gasteiger partial charge in [0.05, 0.1) is 0 Å². The Morgan fingerprint density at radius 1 is 1.53 bits per heavy atom. The first kappa shape index (κ1) is 11.4. The van der Waals surface area contributed by atoms with Crippen molar-refractivity contribution in [3.8, 4) is 5.95 Å². The van der Waals surface area contributed by atoms with Crippen LogP contribution in [0.25, 0.3) is 0 Å². The Kier molecular flexibility index (Phi) is 2.92. The summed E-state index contributed by atoms with van der Waals surface area (Å²) in [6, 6.07) is 2.03. The first-order valence-electron chi connectivity index (χ1n) is 3.87. The predicted molar refractivity (Wildman–Crippen MR) is 41.8 cm³/mol. The van der Waals surface area contributed by atoms with Crippen molar-refractivity contribution in [3.63, 3.8) is 0 Å². The maximum atomic E-state index is 12.0. The number of carboxylic acid groups (broad SMARTS) is 1. The minimum Gasteiger partial charge on any atom is -0.475 e. The second-order valence-electron chi connectivity index (χ2n) is 2.73. The summed E-state index contributed by atoms with van der Waals surface area (Å²) in [6.45, 7) is 0.795. The fourth-order valence-electron chi connectivity index (χ4n) is 0.739. The number of ether oxygens (including phenoxy) is 1. The van der Waals surface area contributed by atoms with Gasteiger partial charge in [-0.15, -0.1) is 0 Å². The highest BCUT2D eigenvalue weighted by atomic mass is 19.4. The molecule has 0 radical (unpaired) electrons. The van der Waals surface area contributed by atoms with E-state index in [4.69, 9.17) is 5.11 Å². The van der Waals surface area contributed by atoms with Crippen LogP contribution in [0.4, 0.5) is 13.2 Å². The first-order valence-corrected chi connectivity index (χ1v) is 3.87. The molecule has 84 valence electrons. The molecule has 7 heteroatoms. The van der Waals surface area contributed by atoms with Crippen LogP contribution in [0, 0.1) is 0 Å². The zero-order chi connectivity index (χ0) is 11.6. The van der Waals surface area contributed by atoms with E-state index >= 15 is 0 Å². The van der Waals surface area contributed by atoms with Gasteiger partial charge in [-0.05, 0) is 13.0 Å². The number of carbonyl (C=O) groups is 1. The van der Waals surface area contributed by atoms with Gasteiger partial charge in [0.25, 0.3) is 5.95 Å². The Balaban J connectivity index is 2.69. The molecule has 0 aliphatic heterocycles. The van der Waals surface area contributed by atoms with E-state index in [1.54, 1.807) is 0 Å². The number of hydrogen-bond acceptors (Lipinski definition) is 3. The minimum atomic E-state index is -4.52. The van der Waals surface area contributed by atoms with Gasteiger partial charge in [0.2, 0.25) is 5.76 Å². The van der Waals surface area contributed by atoms with E-state index < -0.39 is 30.0 Å². The summed E-state index contributed by atoms with van der Waals surface area (Å²) in [6.07, 6.45) is -6.57. The lowest BCUT2D eigenvalue weighted by Crippen LogP contribution is -2.30. The third-order valence-electron chi connectivity index (χ3n) is 1.55. The highest BCUT2D eigenvalue weighted by molar-refractivity contribution is 5.84. The van der Waals surface area contributed by atoms with Gasteiger partial charge in [0, 0.05) is 6.07 Å². The molecular formula is C8H7F3O4. The lowest BCUT2D eigenvalue weighted by Gasteiger charge is -2.15. The maximum absolute atomic E-state index is 12.0. The molecule has 0 saturated carbocycles. The summed E-state index contributed by atoms with van der Waals surface area (Å²) < 4.78 is 44.9. The molecule has 0 aliphatic rings. The van der Waals surface area contributed by atoms with E-state index in [0.717, 1.165) is 19.1 Å². The number of furan rings is 1. The average Bonchev–Trinajstić information content (AvgIpc) is 2.50. The van der Waals surface area contributed by atoms with E-state index in [-0.39, 0.29) is 0 Å². The molecule has 0 fully saturated rings. The number of halogens is 3. The Bertz CT molecular complexity index is 355. The lowest BCUT2D eigenvalue weighted by molar-refractivity contribution is -0.192. The molecule has 0 bridgehead atoms. The standard InChI is InChI=1S/C8H7F3O4/c1-4(8(9,10)11)14-6-3-2-5(15-6)7(12)13/h2-4H,1H3,(H,12,13). The van der Waals surface area contributed by atoms with E-state index in [1.165, 1.54) is 0 Å². The van der Waals surface area contributed by atoms with Crippen molar-refractivity contribution >= 4 is 5.97 Å². The Hall–Kier alpha value is -1.66. The van der Waals surface area contributed by atoms with Crippen LogP contribution in [0.3, 0.4) is 0 Å². The fourth-order valence-corrected chi connectivity index (χ4v) is 0.739. The SMILES string of the molecule is CC(Oc1ccc(C(=O)O)o1)C(F)(F)F. The smallest absolute Gasteiger partial charge is 0.425 e. The molecule has 1 aromatic rings. The van der Waals surface area contributed by atoms with Crippen LogP contribution in [0.5, 0.6) is 5.95 Å². The number of hydrogen-bond donors (Lipinski definition) is 1. The van der Waals surface area contributed by atoms with E-state index in [1.807, 2.05) is 0 Å². The van der Waals surface area contributed by atoms with Gasteiger partial charge in [0.1, 0.15) is 0 Å². The second-order valence-corrected chi connectivity index (χ2v) is 2.73. The number of rotatable bonds is 3. The Labute approximate surface area is 82.3 Å². The molecule has 1 aromatic heterocycles. The van der Waals surface area contributed by atoms with Crippen molar-refractivity contribution in [3.05, 3.63) is 17.9 Å². The predicted octanol–water partition coefficient (Wildman–Crippen LogP) is 2.31. The normalized spacial score (nSPS) is 13.6. The van der Waals surface area contributed by atoms with Crippen LogP contribution in [0.1, 0.15) is 17.5 Å². The highest BCUT2D eigenvalue weighted by Gasteiger charge is 2.38. The summed E-state index contributed by atoms with van der Waals surface area (Å²) in [5.41, 5.74) is 0. The largest absolute Gasteiger partial charge is 0.475 e. The number of alkyl halides is 3. The molecule has 1 atom stereocenters. The molecule has 0 aliphatic carbocycles. The van der Waals surface area contributed by atoms with Crippen LogP contribution < -0.4 is 4.74 Å². The summed E-state index contributed by atoms with van der Waals surface area (Å²) in [5, 5.41) is 8.42. The molecule has 1 N–H and O–H groups in total.